The summed E-state index contributed by atoms with van der Waals surface area (Å²) < 4.78 is 70.2. The number of halogens is 4. The molecule has 0 saturated heterocycles. The molecule has 0 spiro atoms. The van der Waals surface area contributed by atoms with Crippen molar-refractivity contribution in [2.45, 2.75) is 12.8 Å². The minimum absolute atomic E-state index is 0.0538. The third-order valence-corrected chi connectivity index (χ3v) is 11.1. The van der Waals surface area contributed by atoms with E-state index in [1.807, 2.05) is 115 Å². The lowest BCUT2D eigenvalue weighted by Crippen LogP contribution is -2.07. The van der Waals surface area contributed by atoms with Crippen molar-refractivity contribution in [3.8, 4) is 22.3 Å². The van der Waals surface area contributed by atoms with E-state index in [4.69, 9.17) is 9.97 Å². The van der Waals surface area contributed by atoms with E-state index in [0.717, 1.165) is 33.7 Å². The van der Waals surface area contributed by atoms with Gasteiger partial charge in [-0.3, -0.25) is 0 Å². The Kier molecular flexibility index (Phi) is 6.54. The van der Waals surface area contributed by atoms with Crippen molar-refractivity contribution >= 4 is 82.0 Å². The van der Waals surface area contributed by atoms with Gasteiger partial charge in [-0.2, -0.15) is 0 Å². The number of aryl methyl sites for hydroxylation is 1. The molecule has 0 N–H and O–H groups in total. The molecule has 1 aliphatic carbocycles. The van der Waals surface area contributed by atoms with Crippen LogP contribution in [0.3, 0.4) is 0 Å². The van der Waals surface area contributed by atoms with Crippen LogP contribution >= 0.6 is 0 Å². The molecule has 10 aromatic rings. The number of hydrogen-bond acceptors (Lipinski definition) is 2. The Morgan fingerprint density at radius 1 is 0.389 bits per heavy atom. The van der Waals surface area contributed by atoms with Gasteiger partial charge in [0, 0.05) is 32.7 Å². The Hall–Kier alpha value is -6.66. The molecule has 1 aliphatic rings. The summed E-state index contributed by atoms with van der Waals surface area (Å²) in [5, 5.41) is 6.08. The van der Waals surface area contributed by atoms with Gasteiger partial charge in [0.25, 0.3) is 0 Å². The van der Waals surface area contributed by atoms with Crippen LogP contribution in [0.15, 0.2) is 127 Å². The molecule has 0 atom stereocenters. The lowest BCUT2D eigenvalue weighted by atomic mass is 9.85. The molecule has 0 bridgehead atoms. The van der Waals surface area contributed by atoms with E-state index in [1.54, 1.807) is 18.2 Å². The van der Waals surface area contributed by atoms with E-state index in [9.17, 15) is 0 Å². The van der Waals surface area contributed by atoms with Crippen LogP contribution in [-0.4, -0.2) is 9.97 Å². The summed E-state index contributed by atoms with van der Waals surface area (Å²) >= 11 is 0. The standard InChI is InChI=1S/C48H26F4N2/c49-45-43(41-37-29-13-5-1-9-25(29)17-21-33(37)53-34-22-18-26-10-2-6-14-30(26)38(34)41)46(50)48(52)44(47(45)51)42-39-31-15-7-3-11-27(31)19-23-35(39)54-36-24-20-28-12-4-8-16-32(28)40(36)42/h1-3,5-11,13-24H,4,12H2. The minimum atomic E-state index is -1.47. The first kappa shape index (κ1) is 30.9. The fourth-order valence-electron chi connectivity index (χ4n) is 8.78. The lowest BCUT2D eigenvalue weighted by molar-refractivity contribution is 0.463. The highest BCUT2D eigenvalue weighted by Crippen LogP contribution is 2.49. The first-order valence-electron chi connectivity index (χ1n) is 17.9. The highest BCUT2D eigenvalue weighted by atomic mass is 19.2. The molecule has 0 fully saturated rings. The number of allylic oxidation sites excluding steroid dienone is 1. The molecule has 11 rings (SSSR count). The second-order valence-corrected chi connectivity index (χ2v) is 14.0. The highest BCUT2D eigenvalue weighted by Gasteiger charge is 2.33. The highest BCUT2D eigenvalue weighted by molar-refractivity contribution is 6.26. The Morgan fingerprint density at radius 2 is 0.778 bits per heavy atom. The van der Waals surface area contributed by atoms with E-state index in [2.05, 4.69) is 0 Å². The van der Waals surface area contributed by atoms with Crippen LogP contribution in [-0.2, 0) is 6.42 Å². The molecule has 2 aromatic heterocycles. The van der Waals surface area contributed by atoms with Gasteiger partial charge in [0.1, 0.15) is 0 Å². The van der Waals surface area contributed by atoms with Crippen LogP contribution < -0.4 is 0 Å². The van der Waals surface area contributed by atoms with Crippen LogP contribution in [0, 0.1) is 23.3 Å². The maximum Gasteiger partial charge on any atom is 0.170 e. The molecule has 54 heavy (non-hydrogen) atoms. The molecule has 8 aromatic carbocycles. The van der Waals surface area contributed by atoms with Crippen LogP contribution in [0.1, 0.15) is 17.5 Å². The fourth-order valence-corrected chi connectivity index (χ4v) is 8.78. The average molecular weight is 707 g/mol. The topological polar surface area (TPSA) is 25.8 Å². The normalized spacial score (nSPS) is 13.0. The minimum Gasteiger partial charge on any atom is -0.248 e. The predicted molar refractivity (Wildman–Crippen MR) is 213 cm³/mol. The Bertz CT molecular complexity index is 3210. The van der Waals surface area contributed by atoms with Crippen molar-refractivity contribution in [2.24, 2.45) is 0 Å². The summed E-state index contributed by atoms with van der Waals surface area (Å²) in [7, 11) is 0. The second-order valence-electron chi connectivity index (χ2n) is 14.0. The number of rotatable bonds is 2. The summed E-state index contributed by atoms with van der Waals surface area (Å²) in [6.07, 6.45) is 5.44. The summed E-state index contributed by atoms with van der Waals surface area (Å²) in [5.74, 6) is -5.89. The summed E-state index contributed by atoms with van der Waals surface area (Å²) in [6, 6.07) is 37.1. The van der Waals surface area contributed by atoms with Gasteiger partial charge in [-0.05, 0) is 80.6 Å². The van der Waals surface area contributed by atoms with E-state index in [0.29, 0.717) is 66.2 Å². The fraction of sp³-hybridized carbons (Fsp3) is 0.0417. The van der Waals surface area contributed by atoms with Crippen LogP contribution in [0.2, 0.25) is 0 Å². The first-order valence-corrected chi connectivity index (χ1v) is 17.9. The number of fused-ring (bicyclic) bond motifs is 12. The molecule has 0 radical (unpaired) electrons. The van der Waals surface area contributed by atoms with Crippen molar-refractivity contribution < 1.29 is 17.6 Å². The SMILES string of the molecule is Fc1c(F)c(-c2c3c(ccc4ccccc43)nc3ccc4ccccc4c23)c(F)c(F)c1-c1c2c3c(ccc2nc2ccc4ccccc4c12)CCC=C3. The second kappa shape index (κ2) is 11.4. The van der Waals surface area contributed by atoms with Crippen LogP contribution in [0.25, 0.3) is 104 Å². The maximum atomic E-state index is 17.6. The molecule has 256 valence electrons. The number of benzene rings is 8. The van der Waals surface area contributed by atoms with Crippen molar-refractivity contribution in [1.82, 2.24) is 9.97 Å². The first-order chi connectivity index (χ1) is 26.5. The van der Waals surface area contributed by atoms with E-state index in [-0.39, 0.29) is 11.1 Å². The third-order valence-electron chi connectivity index (χ3n) is 11.1. The zero-order valence-corrected chi connectivity index (χ0v) is 28.5. The number of aromatic nitrogens is 2. The Labute approximate surface area is 305 Å². The number of pyridine rings is 2. The van der Waals surface area contributed by atoms with Gasteiger partial charge in [0.2, 0.25) is 0 Å². The monoisotopic (exact) mass is 706 g/mol. The van der Waals surface area contributed by atoms with Gasteiger partial charge in [0.05, 0.1) is 33.2 Å². The summed E-state index contributed by atoms with van der Waals surface area (Å²) in [6.45, 7) is 0. The summed E-state index contributed by atoms with van der Waals surface area (Å²) in [5.41, 5.74) is 2.16. The smallest absolute Gasteiger partial charge is 0.170 e. The zero-order valence-electron chi connectivity index (χ0n) is 28.5. The van der Waals surface area contributed by atoms with Gasteiger partial charge in [-0.1, -0.05) is 109 Å². The molecule has 0 saturated carbocycles. The molecule has 0 aliphatic heterocycles. The van der Waals surface area contributed by atoms with Crippen molar-refractivity contribution in [3.05, 3.63) is 162 Å². The number of nitrogens with zero attached hydrogens (tertiary/aromatic N) is 2. The van der Waals surface area contributed by atoms with Gasteiger partial charge in [-0.25, -0.2) is 27.5 Å². The van der Waals surface area contributed by atoms with Gasteiger partial charge >= 0.3 is 0 Å². The average Bonchev–Trinajstić information content (AvgIpc) is 3.22. The molecule has 0 unspecified atom stereocenters. The van der Waals surface area contributed by atoms with Gasteiger partial charge in [-0.15, -0.1) is 0 Å². The van der Waals surface area contributed by atoms with Gasteiger partial charge < -0.3 is 0 Å². The maximum absolute atomic E-state index is 17.6. The van der Waals surface area contributed by atoms with Crippen molar-refractivity contribution in [2.75, 3.05) is 0 Å². The zero-order chi connectivity index (χ0) is 36.2. The molecule has 2 nitrogen and oxygen atoms in total. The molecule has 2 heterocycles. The van der Waals surface area contributed by atoms with E-state index < -0.39 is 34.4 Å². The van der Waals surface area contributed by atoms with Crippen molar-refractivity contribution in [1.29, 1.82) is 0 Å². The van der Waals surface area contributed by atoms with Crippen LogP contribution in [0.5, 0.6) is 0 Å². The Balaban J connectivity index is 1.35. The van der Waals surface area contributed by atoms with E-state index >= 15 is 17.6 Å². The molecule has 0 amide bonds. The molecular weight excluding hydrogens is 681 g/mol. The largest absolute Gasteiger partial charge is 0.248 e. The molecule has 6 heteroatoms. The van der Waals surface area contributed by atoms with E-state index in [1.165, 1.54) is 0 Å². The van der Waals surface area contributed by atoms with Crippen LogP contribution in [0.4, 0.5) is 17.6 Å². The predicted octanol–water partition coefficient (Wildman–Crippen LogP) is 13.4. The van der Waals surface area contributed by atoms with Gasteiger partial charge in [0.15, 0.2) is 23.3 Å². The third kappa shape index (κ3) is 4.22. The molecular formula is C48H26F4N2. The lowest BCUT2D eigenvalue weighted by Gasteiger charge is -2.21. The quantitative estimate of drug-likeness (QED) is 0.0774. The summed E-state index contributed by atoms with van der Waals surface area (Å²) in [4.78, 5) is 9.87. The van der Waals surface area contributed by atoms with Crippen molar-refractivity contribution in [3.63, 3.8) is 0 Å². The Morgan fingerprint density at radius 3 is 1.24 bits per heavy atom. The number of hydrogen-bond donors (Lipinski definition) is 0.